The molecule has 0 N–H and O–H groups in total. The third kappa shape index (κ3) is 3.52. The average molecular weight is 218 g/mol. The molecule has 0 saturated heterocycles. The van der Waals surface area contributed by atoms with E-state index in [-0.39, 0.29) is 16.6 Å². The Morgan fingerprint density at radius 2 is 1.75 bits per heavy atom. The van der Waals surface area contributed by atoms with Gasteiger partial charge in [0.25, 0.3) is 0 Å². The lowest BCUT2D eigenvalue weighted by atomic mass is 9.74. The lowest BCUT2D eigenvalue weighted by molar-refractivity contribution is -0.118. The van der Waals surface area contributed by atoms with E-state index in [1.54, 1.807) is 0 Å². The summed E-state index contributed by atoms with van der Waals surface area (Å²) in [6, 6.07) is 0. The van der Waals surface area contributed by atoms with Crippen molar-refractivity contribution in [2.75, 3.05) is 0 Å². The summed E-state index contributed by atoms with van der Waals surface area (Å²) in [5, 5.41) is 0. The fourth-order valence-corrected chi connectivity index (χ4v) is 1.81. The number of allylic oxidation sites excluding steroid dienone is 2. The highest BCUT2D eigenvalue weighted by Gasteiger charge is 2.30. The molecule has 1 rings (SSSR count). The predicted octanol–water partition coefficient (Wildman–Crippen LogP) is 3.74. The third-order valence-corrected chi connectivity index (χ3v) is 2.75. The molecule has 0 heterocycles. The average Bonchev–Trinajstić information content (AvgIpc) is 2.06. The van der Waals surface area contributed by atoms with E-state index in [0.717, 1.165) is 17.6 Å². The summed E-state index contributed by atoms with van der Waals surface area (Å²) in [6.45, 7) is 12.4. The number of hydrogen-bond acceptors (Lipinski definition) is 1. The van der Waals surface area contributed by atoms with Crippen LogP contribution in [0.25, 0.3) is 0 Å². The standard InChI is InChI=1S/C15H22O/c1-11-12(7-8-14(2,3)4)9-15(5,6)10-13(11)16/h9-10H2,1-6H3. The molecule has 1 heteroatoms. The van der Waals surface area contributed by atoms with Gasteiger partial charge in [0, 0.05) is 23.0 Å². The second kappa shape index (κ2) is 4.09. The highest BCUT2D eigenvalue weighted by atomic mass is 16.1. The SMILES string of the molecule is CC1=C(C#CC(C)(C)C)CC(C)(C)CC1=O. The van der Waals surface area contributed by atoms with E-state index in [2.05, 4.69) is 46.5 Å². The first-order valence-electron chi connectivity index (χ1n) is 5.87. The van der Waals surface area contributed by atoms with Gasteiger partial charge in [0.2, 0.25) is 0 Å². The number of rotatable bonds is 0. The van der Waals surface area contributed by atoms with Gasteiger partial charge in [-0.3, -0.25) is 4.79 Å². The molecule has 1 aliphatic rings. The van der Waals surface area contributed by atoms with E-state index in [9.17, 15) is 4.79 Å². The van der Waals surface area contributed by atoms with Crippen molar-refractivity contribution in [1.29, 1.82) is 0 Å². The van der Waals surface area contributed by atoms with Crippen molar-refractivity contribution in [3.63, 3.8) is 0 Å². The lowest BCUT2D eigenvalue weighted by Crippen LogP contribution is -2.24. The van der Waals surface area contributed by atoms with E-state index in [4.69, 9.17) is 0 Å². The van der Waals surface area contributed by atoms with Gasteiger partial charge in [0.15, 0.2) is 5.78 Å². The minimum absolute atomic E-state index is 0.00207. The molecule has 0 aliphatic heterocycles. The first-order valence-corrected chi connectivity index (χ1v) is 5.87. The Balaban J connectivity index is 3.06. The van der Waals surface area contributed by atoms with Crippen molar-refractivity contribution in [3.05, 3.63) is 11.1 Å². The van der Waals surface area contributed by atoms with Gasteiger partial charge in [0.05, 0.1) is 0 Å². The van der Waals surface area contributed by atoms with E-state index in [1.165, 1.54) is 0 Å². The summed E-state index contributed by atoms with van der Waals surface area (Å²) in [5.41, 5.74) is 1.98. The molecule has 1 nitrogen and oxygen atoms in total. The van der Waals surface area contributed by atoms with Crippen LogP contribution in [-0.4, -0.2) is 5.78 Å². The Labute approximate surface area is 99.3 Å². The maximum absolute atomic E-state index is 11.8. The molecule has 0 spiro atoms. The number of carbonyl (C=O) groups excluding carboxylic acids is 1. The van der Waals surface area contributed by atoms with Gasteiger partial charge in [0.1, 0.15) is 0 Å². The lowest BCUT2D eigenvalue weighted by Gasteiger charge is -2.29. The van der Waals surface area contributed by atoms with Crippen LogP contribution in [-0.2, 0) is 4.79 Å². The molecule has 0 aromatic rings. The molecule has 0 amide bonds. The maximum atomic E-state index is 11.8. The van der Waals surface area contributed by atoms with Crippen molar-refractivity contribution in [1.82, 2.24) is 0 Å². The largest absolute Gasteiger partial charge is 0.295 e. The molecule has 0 saturated carbocycles. The summed E-state index contributed by atoms with van der Waals surface area (Å²) in [7, 11) is 0. The topological polar surface area (TPSA) is 17.1 Å². The summed E-state index contributed by atoms with van der Waals surface area (Å²) in [6.07, 6.45) is 1.58. The Hall–Kier alpha value is -1.03. The molecule has 16 heavy (non-hydrogen) atoms. The van der Waals surface area contributed by atoms with Crippen molar-refractivity contribution in [3.8, 4) is 11.8 Å². The van der Waals surface area contributed by atoms with Crippen molar-refractivity contribution in [2.45, 2.75) is 54.4 Å². The summed E-state index contributed by atoms with van der Waals surface area (Å²) >= 11 is 0. The summed E-state index contributed by atoms with van der Waals surface area (Å²) < 4.78 is 0. The Morgan fingerprint density at radius 3 is 2.25 bits per heavy atom. The van der Waals surface area contributed by atoms with E-state index < -0.39 is 0 Å². The van der Waals surface area contributed by atoms with Gasteiger partial charge in [-0.2, -0.15) is 0 Å². The second-order valence-corrected chi connectivity index (χ2v) is 6.54. The first-order chi connectivity index (χ1) is 7.11. The van der Waals surface area contributed by atoms with Gasteiger partial charge in [-0.15, -0.1) is 0 Å². The Bertz CT molecular complexity index is 391. The molecule has 0 atom stereocenters. The molecule has 0 aromatic heterocycles. The quantitative estimate of drug-likeness (QED) is 0.566. The summed E-state index contributed by atoms with van der Waals surface area (Å²) in [4.78, 5) is 11.8. The number of carbonyl (C=O) groups is 1. The van der Waals surface area contributed by atoms with E-state index in [1.807, 2.05) is 6.92 Å². The van der Waals surface area contributed by atoms with Crippen molar-refractivity contribution in [2.24, 2.45) is 10.8 Å². The van der Waals surface area contributed by atoms with Gasteiger partial charge in [-0.1, -0.05) is 25.7 Å². The minimum atomic E-state index is -0.00207. The van der Waals surface area contributed by atoms with Gasteiger partial charge in [-0.05, 0) is 39.5 Å². The van der Waals surface area contributed by atoms with Gasteiger partial charge in [-0.25, -0.2) is 0 Å². The van der Waals surface area contributed by atoms with E-state index >= 15 is 0 Å². The normalized spacial score (nSPS) is 20.5. The van der Waals surface area contributed by atoms with Crippen LogP contribution in [0.15, 0.2) is 11.1 Å². The second-order valence-electron chi connectivity index (χ2n) is 6.54. The van der Waals surface area contributed by atoms with Crippen molar-refractivity contribution >= 4 is 5.78 Å². The minimum Gasteiger partial charge on any atom is -0.295 e. The van der Waals surface area contributed by atoms with Crippen LogP contribution in [0.3, 0.4) is 0 Å². The summed E-state index contributed by atoms with van der Waals surface area (Å²) in [5.74, 6) is 6.69. The molecule has 0 unspecified atom stereocenters. The third-order valence-electron chi connectivity index (χ3n) is 2.75. The zero-order valence-corrected chi connectivity index (χ0v) is 11.3. The molecule has 88 valence electrons. The first kappa shape index (κ1) is 13.0. The molecule has 1 aliphatic carbocycles. The van der Waals surface area contributed by atoms with Crippen LogP contribution in [0, 0.1) is 22.7 Å². The molecule has 0 bridgehead atoms. The van der Waals surface area contributed by atoms with Crippen LogP contribution in [0.1, 0.15) is 54.4 Å². The fraction of sp³-hybridized carbons (Fsp3) is 0.667. The van der Waals surface area contributed by atoms with Crippen LogP contribution in [0.4, 0.5) is 0 Å². The van der Waals surface area contributed by atoms with Gasteiger partial charge >= 0.3 is 0 Å². The monoisotopic (exact) mass is 218 g/mol. The molecular formula is C15H22O. The van der Waals surface area contributed by atoms with Gasteiger partial charge < -0.3 is 0 Å². The number of hydrogen-bond donors (Lipinski definition) is 0. The zero-order chi connectivity index (χ0) is 12.6. The number of ketones is 1. The predicted molar refractivity (Wildman–Crippen MR) is 68.0 cm³/mol. The molecule has 0 radical (unpaired) electrons. The van der Waals surface area contributed by atoms with E-state index in [0.29, 0.717) is 6.42 Å². The van der Waals surface area contributed by atoms with Crippen molar-refractivity contribution < 1.29 is 4.79 Å². The fourth-order valence-electron chi connectivity index (χ4n) is 1.81. The highest BCUT2D eigenvalue weighted by molar-refractivity contribution is 5.97. The molecule has 0 fully saturated rings. The number of Topliss-reactive ketones (excluding diaryl/α,β-unsaturated/α-hetero) is 1. The van der Waals surface area contributed by atoms with Crippen LogP contribution >= 0.6 is 0 Å². The maximum Gasteiger partial charge on any atom is 0.160 e. The van der Waals surface area contributed by atoms with Crippen LogP contribution < -0.4 is 0 Å². The van der Waals surface area contributed by atoms with Crippen LogP contribution in [0.2, 0.25) is 0 Å². The molecule has 0 aromatic carbocycles. The highest BCUT2D eigenvalue weighted by Crippen LogP contribution is 2.36. The smallest absolute Gasteiger partial charge is 0.160 e. The molecular weight excluding hydrogens is 196 g/mol. The Morgan fingerprint density at radius 1 is 1.19 bits per heavy atom. The Kier molecular flexibility index (Phi) is 3.33. The van der Waals surface area contributed by atoms with Crippen LogP contribution in [0.5, 0.6) is 0 Å². The zero-order valence-electron chi connectivity index (χ0n) is 11.3.